The van der Waals surface area contributed by atoms with Gasteiger partial charge in [-0.2, -0.15) is 0 Å². The van der Waals surface area contributed by atoms with Crippen LogP contribution >= 0.6 is 23.2 Å². The van der Waals surface area contributed by atoms with Crippen molar-refractivity contribution in [3.05, 3.63) is 58.1 Å². The van der Waals surface area contributed by atoms with Crippen LogP contribution in [0.2, 0.25) is 10.0 Å². The van der Waals surface area contributed by atoms with Gasteiger partial charge in [-0.1, -0.05) is 35.3 Å². The zero-order valence-electron chi connectivity index (χ0n) is 16.3. The molecule has 2 aromatic carbocycles. The topological polar surface area (TPSA) is 55.8 Å². The van der Waals surface area contributed by atoms with E-state index in [0.717, 1.165) is 49.0 Å². The molecule has 0 N–H and O–H groups in total. The van der Waals surface area contributed by atoms with E-state index < -0.39 is 17.1 Å². The highest BCUT2D eigenvalue weighted by molar-refractivity contribution is 7.92. The van der Waals surface area contributed by atoms with Crippen LogP contribution in [0.15, 0.2) is 47.4 Å². The normalized spacial score (nSPS) is 15.9. The molecule has 0 bridgehead atoms. The van der Waals surface area contributed by atoms with E-state index in [4.69, 9.17) is 27.9 Å². The van der Waals surface area contributed by atoms with Gasteiger partial charge in [0, 0.05) is 43.4 Å². The lowest BCUT2D eigenvalue weighted by Gasteiger charge is -2.36. The monoisotopic (exact) mass is 454 g/mol. The Morgan fingerprint density at radius 2 is 1.90 bits per heavy atom. The lowest BCUT2D eigenvalue weighted by molar-refractivity contribution is -0.139. The molecular formula is C21H24Cl2N2O3S. The van der Waals surface area contributed by atoms with Crippen molar-refractivity contribution in [2.24, 2.45) is 0 Å². The van der Waals surface area contributed by atoms with E-state index in [0.29, 0.717) is 9.92 Å². The van der Waals surface area contributed by atoms with Gasteiger partial charge in [0.2, 0.25) is 5.75 Å². The zero-order valence-corrected chi connectivity index (χ0v) is 18.6. The van der Waals surface area contributed by atoms with Gasteiger partial charge in [-0.25, -0.2) is 4.79 Å². The molecule has 1 fully saturated rings. The molecule has 0 amide bonds. The van der Waals surface area contributed by atoms with E-state index >= 15 is 0 Å². The molecule has 1 aliphatic heterocycles. The molecule has 0 aromatic heterocycles. The molecule has 1 unspecified atom stereocenters. The number of benzene rings is 2. The van der Waals surface area contributed by atoms with Crippen LogP contribution in [-0.4, -0.2) is 54.0 Å². The number of carbonyl (C=O) groups excluding carboxylic acids is 1. The molecule has 0 radical (unpaired) electrons. The highest BCUT2D eigenvalue weighted by Crippen LogP contribution is 2.25. The van der Waals surface area contributed by atoms with Gasteiger partial charge in [-0.15, -0.1) is 0 Å². The Morgan fingerprint density at radius 3 is 2.55 bits per heavy atom. The van der Waals surface area contributed by atoms with Crippen molar-refractivity contribution in [3.8, 4) is 0 Å². The van der Waals surface area contributed by atoms with Crippen molar-refractivity contribution in [1.82, 2.24) is 4.90 Å². The van der Waals surface area contributed by atoms with Crippen molar-refractivity contribution >= 4 is 46.0 Å². The number of halogens is 2. The first-order valence-corrected chi connectivity index (χ1v) is 11.6. The van der Waals surface area contributed by atoms with Crippen molar-refractivity contribution in [3.63, 3.8) is 0 Å². The Hall–Kier alpha value is -1.44. The first kappa shape index (κ1) is 22.2. The number of ether oxygens (including phenoxy) is 1. The number of hydrogen-bond acceptors (Lipinski definition) is 5. The summed E-state index contributed by atoms with van der Waals surface area (Å²) in [7, 11) is 0. The maximum absolute atomic E-state index is 12.3. The molecule has 0 spiro atoms. The summed E-state index contributed by atoms with van der Waals surface area (Å²) < 4.78 is 17.2. The second-order valence-corrected chi connectivity index (χ2v) is 9.07. The molecule has 156 valence electrons. The molecule has 1 atom stereocenters. The first-order chi connectivity index (χ1) is 14.0. The average molecular weight is 455 g/mol. The van der Waals surface area contributed by atoms with E-state index in [9.17, 15) is 9.35 Å². The maximum Gasteiger partial charge on any atom is 0.356 e. The highest BCUT2D eigenvalue weighted by atomic mass is 35.5. The third-order valence-corrected chi connectivity index (χ3v) is 6.75. The summed E-state index contributed by atoms with van der Waals surface area (Å²) in [5.41, 5.74) is 2.21. The van der Waals surface area contributed by atoms with Crippen LogP contribution < -0.4 is 4.90 Å². The lowest BCUT2D eigenvalue weighted by Crippen LogP contribution is -2.45. The minimum absolute atomic E-state index is 0.182. The van der Waals surface area contributed by atoms with Gasteiger partial charge >= 0.3 is 5.97 Å². The Morgan fingerprint density at radius 1 is 1.14 bits per heavy atom. The molecule has 2 aromatic rings. The minimum Gasteiger partial charge on any atom is -0.611 e. The fraction of sp³-hybridized carbons (Fsp3) is 0.381. The predicted octanol–water partition coefficient (Wildman–Crippen LogP) is 3.99. The Labute approximate surface area is 184 Å². The maximum atomic E-state index is 12.3. The summed E-state index contributed by atoms with van der Waals surface area (Å²) >= 11 is 10.9. The van der Waals surface area contributed by atoms with Crippen molar-refractivity contribution in [2.45, 2.75) is 18.4 Å². The smallest absolute Gasteiger partial charge is 0.356 e. The van der Waals surface area contributed by atoms with Crippen LogP contribution in [0.1, 0.15) is 12.5 Å². The third kappa shape index (κ3) is 6.27. The summed E-state index contributed by atoms with van der Waals surface area (Å²) in [6.45, 7) is 6.48. The summed E-state index contributed by atoms with van der Waals surface area (Å²) in [6, 6.07) is 13.4. The van der Waals surface area contributed by atoms with Crippen molar-refractivity contribution < 1.29 is 14.1 Å². The number of anilines is 1. The third-order valence-electron chi connectivity index (χ3n) is 4.75. The molecule has 0 saturated carbocycles. The van der Waals surface area contributed by atoms with Gasteiger partial charge in [0.15, 0.2) is 4.90 Å². The number of carbonyl (C=O) groups is 1. The number of piperazine rings is 1. The lowest BCUT2D eigenvalue weighted by atomic mass is 10.2. The SMILES string of the molecule is CCOC(=O)C[S+]([O-])c1ccc(CN2CCN(c3cccc(Cl)c3)CC2)cc1Cl. The number of rotatable bonds is 7. The number of nitrogens with zero attached hydrogens (tertiary/aromatic N) is 2. The Kier molecular flexibility index (Phi) is 8.09. The van der Waals surface area contributed by atoms with Gasteiger partial charge in [-0.05, 0) is 54.0 Å². The molecule has 1 heterocycles. The van der Waals surface area contributed by atoms with Crippen molar-refractivity contribution in [2.75, 3.05) is 43.4 Å². The van der Waals surface area contributed by atoms with Crippen LogP contribution in [0.4, 0.5) is 5.69 Å². The molecule has 0 aliphatic carbocycles. The molecule has 3 rings (SSSR count). The molecular weight excluding hydrogens is 431 g/mol. The van der Waals surface area contributed by atoms with Gasteiger partial charge < -0.3 is 14.2 Å². The van der Waals surface area contributed by atoms with Gasteiger partial charge in [0.25, 0.3) is 0 Å². The summed E-state index contributed by atoms with van der Waals surface area (Å²) in [6.07, 6.45) is 0. The standard InChI is InChI=1S/C21H24Cl2N2O3S/c1-2-28-21(26)15-29(27)20-7-6-16(12-19(20)23)14-24-8-10-25(11-9-24)18-5-3-4-17(22)13-18/h3-7,12-13H,2,8-11,14-15H2,1H3. The van der Waals surface area contributed by atoms with E-state index in [-0.39, 0.29) is 12.4 Å². The highest BCUT2D eigenvalue weighted by Gasteiger charge is 2.22. The Bertz CT molecular complexity index is 844. The van der Waals surface area contributed by atoms with Gasteiger partial charge in [-0.3, -0.25) is 4.90 Å². The van der Waals surface area contributed by atoms with Crippen LogP contribution in [0.3, 0.4) is 0 Å². The largest absolute Gasteiger partial charge is 0.611 e. The Balaban J connectivity index is 1.55. The number of hydrogen-bond donors (Lipinski definition) is 0. The average Bonchev–Trinajstić information content (AvgIpc) is 2.68. The second kappa shape index (κ2) is 10.5. The second-order valence-electron chi connectivity index (χ2n) is 6.80. The molecule has 1 aliphatic rings. The quantitative estimate of drug-likeness (QED) is 0.467. The van der Waals surface area contributed by atoms with Gasteiger partial charge in [0.05, 0.1) is 11.6 Å². The van der Waals surface area contributed by atoms with E-state index in [2.05, 4.69) is 15.9 Å². The fourth-order valence-electron chi connectivity index (χ4n) is 3.31. The van der Waals surface area contributed by atoms with Crippen molar-refractivity contribution in [1.29, 1.82) is 0 Å². The first-order valence-electron chi connectivity index (χ1n) is 9.51. The minimum atomic E-state index is -1.51. The summed E-state index contributed by atoms with van der Waals surface area (Å²) in [4.78, 5) is 16.7. The van der Waals surface area contributed by atoms with Crippen LogP contribution in [0, 0.1) is 0 Å². The molecule has 8 heteroatoms. The zero-order chi connectivity index (χ0) is 20.8. The fourth-order valence-corrected chi connectivity index (χ4v) is 4.90. The van der Waals surface area contributed by atoms with Crippen LogP contribution in [0.5, 0.6) is 0 Å². The summed E-state index contributed by atoms with van der Waals surface area (Å²) in [5.74, 6) is -0.665. The summed E-state index contributed by atoms with van der Waals surface area (Å²) in [5, 5.41) is 1.17. The van der Waals surface area contributed by atoms with E-state index in [1.165, 1.54) is 0 Å². The number of esters is 1. The van der Waals surface area contributed by atoms with E-state index in [1.807, 2.05) is 30.3 Å². The predicted molar refractivity (Wildman–Crippen MR) is 118 cm³/mol. The van der Waals surface area contributed by atoms with E-state index in [1.54, 1.807) is 13.0 Å². The van der Waals surface area contributed by atoms with Gasteiger partial charge in [0.1, 0.15) is 0 Å². The molecule has 1 saturated heterocycles. The van der Waals surface area contributed by atoms with Crippen LogP contribution in [0.25, 0.3) is 0 Å². The molecule has 29 heavy (non-hydrogen) atoms. The van der Waals surface area contributed by atoms with Crippen LogP contribution in [-0.2, 0) is 27.3 Å². The molecule has 5 nitrogen and oxygen atoms in total.